The van der Waals surface area contributed by atoms with Crippen molar-refractivity contribution in [2.45, 2.75) is 41.0 Å². The molecule has 0 aliphatic rings. The van der Waals surface area contributed by atoms with E-state index in [-0.39, 0.29) is 0 Å². The third-order valence-electron chi connectivity index (χ3n) is 4.06. The normalized spacial score (nSPS) is 13.1. The van der Waals surface area contributed by atoms with E-state index in [0.29, 0.717) is 0 Å². The van der Waals surface area contributed by atoms with Gasteiger partial charge in [0.2, 0.25) is 0 Å². The molecule has 0 heterocycles. The van der Waals surface area contributed by atoms with Gasteiger partial charge >= 0.3 is 0 Å². The van der Waals surface area contributed by atoms with Crippen LogP contribution in [0.4, 0.5) is 0 Å². The standard InChI is InChI=1S/C16H27N/c1-11(2)16(10-17-6)9-15-8-7-12(3)13(4)14(15)5/h7-8,11,16-17H,9-10H2,1-6H3. The number of rotatable bonds is 5. The Morgan fingerprint density at radius 3 is 2.24 bits per heavy atom. The lowest BCUT2D eigenvalue weighted by molar-refractivity contribution is 0.370. The molecule has 0 fully saturated rings. The highest BCUT2D eigenvalue weighted by Crippen LogP contribution is 2.22. The number of benzene rings is 1. The second kappa shape index (κ2) is 6.20. The lowest BCUT2D eigenvalue weighted by Gasteiger charge is -2.22. The molecule has 1 heteroatoms. The van der Waals surface area contributed by atoms with Crippen molar-refractivity contribution in [1.82, 2.24) is 5.32 Å². The van der Waals surface area contributed by atoms with Crippen molar-refractivity contribution >= 4 is 0 Å². The van der Waals surface area contributed by atoms with Gasteiger partial charge in [-0.15, -0.1) is 0 Å². The molecule has 0 radical (unpaired) electrons. The van der Waals surface area contributed by atoms with Crippen LogP contribution in [0.2, 0.25) is 0 Å². The van der Waals surface area contributed by atoms with Gasteiger partial charge in [-0.25, -0.2) is 0 Å². The summed E-state index contributed by atoms with van der Waals surface area (Å²) in [6, 6.07) is 4.57. The predicted molar refractivity (Wildman–Crippen MR) is 76.6 cm³/mol. The molecule has 0 aliphatic carbocycles. The van der Waals surface area contributed by atoms with Gasteiger partial charge in [0.05, 0.1) is 0 Å². The van der Waals surface area contributed by atoms with Crippen molar-refractivity contribution in [2.24, 2.45) is 11.8 Å². The molecule has 1 aromatic carbocycles. The molecule has 0 aromatic heterocycles. The van der Waals surface area contributed by atoms with Crippen molar-refractivity contribution in [2.75, 3.05) is 13.6 Å². The Balaban J connectivity index is 2.90. The largest absolute Gasteiger partial charge is 0.319 e. The average molecular weight is 233 g/mol. The van der Waals surface area contributed by atoms with Gasteiger partial charge in [0.25, 0.3) is 0 Å². The molecule has 1 atom stereocenters. The fourth-order valence-corrected chi connectivity index (χ4v) is 2.32. The summed E-state index contributed by atoms with van der Waals surface area (Å²) < 4.78 is 0. The molecular formula is C16H27N. The molecular weight excluding hydrogens is 206 g/mol. The number of nitrogens with one attached hydrogen (secondary N) is 1. The van der Waals surface area contributed by atoms with Crippen LogP contribution in [0.25, 0.3) is 0 Å². The number of hydrogen-bond donors (Lipinski definition) is 1. The SMILES string of the molecule is CNCC(Cc1ccc(C)c(C)c1C)C(C)C. The molecule has 1 N–H and O–H groups in total. The van der Waals surface area contributed by atoms with E-state index in [1.165, 1.54) is 28.7 Å². The Labute approximate surface area is 107 Å². The van der Waals surface area contributed by atoms with Crippen molar-refractivity contribution in [3.05, 3.63) is 34.4 Å². The van der Waals surface area contributed by atoms with Crippen LogP contribution >= 0.6 is 0 Å². The molecule has 0 amide bonds. The van der Waals surface area contributed by atoms with Crippen molar-refractivity contribution < 1.29 is 0 Å². The molecule has 1 nitrogen and oxygen atoms in total. The highest BCUT2D eigenvalue weighted by atomic mass is 14.8. The fourth-order valence-electron chi connectivity index (χ4n) is 2.32. The average Bonchev–Trinajstić information content (AvgIpc) is 2.28. The van der Waals surface area contributed by atoms with Gasteiger partial charge in [0, 0.05) is 0 Å². The van der Waals surface area contributed by atoms with Crippen LogP contribution in [0.3, 0.4) is 0 Å². The Morgan fingerprint density at radius 2 is 1.71 bits per heavy atom. The Kier molecular flexibility index (Phi) is 5.20. The topological polar surface area (TPSA) is 12.0 Å². The Morgan fingerprint density at radius 1 is 1.06 bits per heavy atom. The maximum Gasteiger partial charge on any atom is -0.00179 e. The van der Waals surface area contributed by atoms with Crippen molar-refractivity contribution in [1.29, 1.82) is 0 Å². The summed E-state index contributed by atoms with van der Waals surface area (Å²) >= 11 is 0. The van der Waals surface area contributed by atoms with Crippen LogP contribution in [-0.2, 0) is 6.42 Å². The van der Waals surface area contributed by atoms with E-state index in [9.17, 15) is 0 Å². The first kappa shape index (κ1) is 14.2. The maximum absolute atomic E-state index is 3.31. The van der Waals surface area contributed by atoms with E-state index in [2.05, 4.69) is 52.1 Å². The van der Waals surface area contributed by atoms with Gasteiger partial charge < -0.3 is 5.32 Å². The van der Waals surface area contributed by atoms with E-state index in [0.717, 1.165) is 18.4 Å². The summed E-state index contributed by atoms with van der Waals surface area (Å²) in [5.74, 6) is 1.45. The molecule has 1 aromatic rings. The minimum atomic E-state index is 0.723. The lowest BCUT2D eigenvalue weighted by atomic mass is 9.86. The van der Waals surface area contributed by atoms with Crippen LogP contribution in [0.5, 0.6) is 0 Å². The van der Waals surface area contributed by atoms with E-state index < -0.39 is 0 Å². The molecule has 1 unspecified atom stereocenters. The zero-order valence-electron chi connectivity index (χ0n) is 12.2. The quantitative estimate of drug-likeness (QED) is 0.818. The zero-order valence-corrected chi connectivity index (χ0v) is 12.2. The minimum Gasteiger partial charge on any atom is -0.319 e. The van der Waals surface area contributed by atoms with Crippen LogP contribution in [-0.4, -0.2) is 13.6 Å². The summed E-state index contributed by atoms with van der Waals surface area (Å²) in [4.78, 5) is 0. The lowest BCUT2D eigenvalue weighted by Crippen LogP contribution is -2.25. The van der Waals surface area contributed by atoms with Crippen molar-refractivity contribution in [3.63, 3.8) is 0 Å². The van der Waals surface area contributed by atoms with Gasteiger partial charge in [-0.1, -0.05) is 26.0 Å². The fraction of sp³-hybridized carbons (Fsp3) is 0.625. The highest BCUT2D eigenvalue weighted by molar-refractivity contribution is 5.38. The van der Waals surface area contributed by atoms with Gasteiger partial charge in [-0.05, 0) is 74.9 Å². The summed E-state index contributed by atoms with van der Waals surface area (Å²) in [5.41, 5.74) is 5.85. The smallest absolute Gasteiger partial charge is 0.00179 e. The number of hydrogen-bond acceptors (Lipinski definition) is 1. The summed E-state index contributed by atoms with van der Waals surface area (Å²) in [6.07, 6.45) is 1.19. The zero-order chi connectivity index (χ0) is 13.0. The summed E-state index contributed by atoms with van der Waals surface area (Å²) in [5, 5.41) is 3.31. The summed E-state index contributed by atoms with van der Waals surface area (Å²) in [6.45, 7) is 12.4. The predicted octanol–water partition coefficient (Wildman–Crippen LogP) is 3.65. The molecule has 17 heavy (non-hydrogen) atoms. The third-order valence-corrected chi connectivity index (χ3v) is 4.06. The first-order valence-electron chi connectivity index (χ1n) is 6.67. The second-order valence-electron chi connectivity index (χ2n) is 5.56. The first-order chi connectivity index (χ1) is 7.97. The summed E-state index contributed by atoms with van der Waals surface area (Å²) in [7, 11) is 2.04. The van der Waals surface area contributed by atoms with Crippen LogP contribution < -0.4 is 5.32 Å². The molecule has 0 spiro atoms. The number of aryl methyl sites for hydroxylation is 1. The van der Waals surface area contributed by atoms with E-state index in [1.807, 2.05) is 7.05 Å². The molecule has 0 saturated heterocycles. The van der Waals surface area contributed by atoms with Crippen LogP contribution in [0, 0.1) is 32.6 Å². The first-order valence-corrected chi connectivity index (χ1v) is 6.67. The van der Waals surface area contributed by atoms with Gasteiger partial charge in [0.15, 0.2) is 0 Å². The van der Waals surface area contributed by atoms with Gasteiger partial charge in [0.1, 0.15) is 0 Å². The molecule has 0 saturated carbocycles. The monoisotopic (exact) mass is 233 g/mol. The van der Waals surface area contributed by atoms with Gasteiger partial charge in [-0.3, -0.25) is 0 Å². The minimum absolute atomic E-state index is 0.723. The molecule has 0 bridgehead atoms. The third kappa shape index (κ3) is 3.57. The van der Waals surface area contributed by atoms with Gasteiger partial charge in [-0.2, -0.15) is 0 Å². The van der Waals surface area contributed by atoms with Crippen molar-refractivity contribution in [3.8, 4) is 0 Å². The Hall–Kier alpha value is -0.820. The van der Waals surface area contributed by atoms with Crippen LogP contribution in [0.1, 0.15) is 36.1 Å². The Bertz CT molecular complexity index is 366. The molecule has 1 rings (SSSR count). The molecule has 96 valence electrons. The molecule has 0 aliphatic heterocycles. The van der Waals surface area contributed by atoms with E-state index in [4.69, 9.17) is 0 Å². The maximum atomic E-state index is 3.31. The van der Waals surface area contributed by atoms with Crippen LogP contribution in [0.15, 0.2) is 12.1 Å². The highest BCUT2D eigenvalue weighted by Gasteiger charge is 2.15. The van der Waals surface area contributed by atoms with E-state index in [1.54, 1.807) is 0 Å². The second-order valence-corrected chi connectivity index (χ2v) is 5.56. The van der Waals surface area contributed by atoms with E-state index >= 15 is 0 Å².